The summed E-state index contributed by atoms with van der Waals surface area (Å²) in [5, 5.41) is 5.34. The predicted octanol–water partition coefficient (Wildman–Crippen LogP) is 2.81. The van der Waals surface area contributed by atoms with Gasteiger partial charge in [-0.2, -0.15) is 0 Å². The van der Waals surface area contributed by atoms with Gasteiger partial charge in [0, 0.05) is 11.3 Å². The van der Waals surface area contributed by atoms with E-state index in [1.165, 1.54) is 19.2 Å². The molecule has 1 atom stereocenters. The number of anilines is 2. The van der Waals surface area contributed by atoms with Gasteiger partial charge in [-0.05, 0) is 43.3 Å². The third kappa shape index (κ3) is 3.01. The SMILES string of the molecule is COc1ccc(C(=O)Nc2ccc3c(c2)NC(=O)C(C)O3)cc1F. The van der Waals surface area contributed by atoms with Crippen molar-refractivity contribution in [1.29, 1.82) is 0 Å². The fourth-order valence-corrected chi connectivity index (χ4v) is 2.30. The Kier molecular flexibility index (Phi) is 4.07. The van der Waals surface area contributed by atoms with E-state index in [0.717, 1.165) is 6.07 Å². The molecule has 0 bridgehead atoms. The smallest absolute Gasteiger partial charge is 0.265 e. The van der Waals surface area contributed by atoms with Crippen molar-refractivity contribution in [3.8, 4) is 11.5 Å². The molecule has 7 heteroatoms. The summed E-state index contributed by atoms with van der Waals surface area (Å²) in [6.45, 7) is 1.65. The number of carbonyl (C=O) groups excluding carboxylic acids is 2. The Bertz CT molecular complexity index is 822. The second-order valence-corrected chi connectivity index (χ2v) is 5.26. The van der Waals surface area contributed by atoms with Crippen molar-refractivity contribution in [3.63, 3.8) is 0 Å². The lowest BCUT2D eigenvalue weighted by Gasteiger charge is -2.23. The van der Waals surface area contributed by atoms with E-state index in [1.54, 1.807) is 25.1 Å². The highest BCUT2D eigenvalue weighted by Gasteiger charge is 2.23. The van der Waals surface area contributed by atoms with E-state index in [0.29, 0.717) is 17.1 Å². The molecular weight excluding hydrogens is 315 g/mol. The Morgan fingerprint density at radius 3 is 2.79 bits per heavy atom. The largest absolute Gasteiger partial charge is 0.494 e. The van der Waals surface area contributed by atoms with Crippen LogP contribution >= 0.6 is 0 Å². The van der Waals surface area contributed by atoms with Crippen LogP contribution < -0.4 is 20.1 Å². The minimum absolute atomic E-state index is 0.0642. The van der Waals surface area contributed by atoms with E-state index in [2.05, 4.69) is 10.6 Å². The Morgan fingerprint density at radius 2 is 2.08 bits per heavy atom. The minimum atomic E-state index is -0.620. The second kappa shape index (κ2) is 6.19. The van der Waals surface area contributed by atoms with Crippen LogP contribution in [0.4, 0.5) is 15.8 Å². The van der Waals surface area contributed by atoms with Gasteiger partial charge in [0.15, 0.2) is 17.7 Å². The van der Waals surface area contributed by atoms with Gasteiger partial charge in [-0.3, -0.25) is 9.59 Å². The molecule has 124 valence electrons. The lowest BCUT2D eigenvalue weighted by Crippen LogP contribution is -2.34. The zero-order valence-electron chi connectivity index (χ0n) is 13.1. The van der Waals surface area contributed by atoms with Crippen molar-refractivity contribution < 1.29 is 23.5 Å². The van der Waals surface area contributed by atoms with Crippen LogP contribution in [0, 0.1) is 5.82 Å². The normalized spacial score (nSPS) is 15.8. The highest BCUT2D eigenvalue weighted by molar-refractivity contribution is 6.05. The summed E-state index contributed by atoms with van der Waals surface area (Å²) in [6, 6.07) is 8.81. The first-order valence-electron chi connectivity index (χ1n) is 7.24. The van der Waals surface area contributed by atoms with Crippen LogP contribution in [-0.2, 0) is 4.79 Å². The monoisotopic (exact) mass is 330 g/mol. The molecule has 0 saturated carbocycles. The molecule has 0 aromatic heterocycles. The summed E-state index contributed by atoms with van der Waals surface area (Å²) in [7, 11) is 1.35. The molecule has 1 aliphatic heterocycles. The van der Waals surface area contributed by atoms with Crippen molar-refractivity contribution in [1.82, 2.24) is 0 Å². The summed E-state index contributed by atoms with van der Waals surface area (Å²) in [5.41, 5.74) is 1.07. The van der Waals surface area contributed by atoms with Crippen molar-refractivity contribution in [2.24, 2.45) is 0 Å². The number of halogens is 1. The van der Waals surface area contributed by atoms with Crippen LogP contribution in [0.3, 0.4) is 0 Å². The van der Waals surface area contributed by atoms with Gasteiger partial charge in [-0.25, -0.2) is 4.39 Å². The Hall–Kier alpha value is -3.09. The zero-order valence-corrected chi connectivity index (χ0v) is 13.1. The lowest BCUT2D eigenvalue weighted by atomic mass is 10.1. The van der Waals surface area contributed by atoms with Gasteiger partial charge in [-0.1, -0.05) is 0 Å². The van der Waals surface area contributed by atoms with Gasteiger partial charge in [0.1, 0.15) is 5.75 Å². The summed E-state index contributed by atoms with van der Waals surface area (Å²) < 4.78 is 23.9. The quantitative estimate of drug-likeness (QED) is 0.907. The number of fused-ring (bicyclic) bond motifs is 1. The maximum atomic E-state index is 13.7. The Labute approximate surface area is 137 Å². The molecule has 2 N–H and O–H groups in total. The molecule has 0 fully saturated rings. The van der Waals surface area contributed by atoms with E-state index >= 15 is 0 Å². The first kappa shape index (κ1) is 15.8. The van der Waals surface area contributed by atoms with Crippen LogP contribution in [-0.4, -0.2) is 25.0 Å². The van der Waals surface area contributed by atoms with E-state index in [4.69, 9.17) is 9.47 Å². The van der Waals surface area contributed by atoms with Gasteiger partial charge < -0.3 is 20.1 Å². The number of hydrogen-bond acceptors (Lipinski definition) is 4. The molecule has 0 spiro atoms. The maximum Gasteiger partial charge on any atom is 0.265 e. The summed E-state index contributed by atoms with van der Waals surface area (Å²) in [5.74, 6) is -0.772. The predicted molar refractivity (Wildman–Crippen MR) is 86.1 cm³/mol. The van der Waals surface area contributed by atoms with Gasteiger partial charge in [0.05, 0.1) is 12.8 Å². The highest BCUT2D eigenvalue weighted by Crippen LogP contribution is 2.32. The third-order valence-electron chi connectivity index (χ3n) is 3.58. The second-order valence-electron chi connectivity index (χ2n) is 5.26. The Balaban J connectivity index is 1.79. The zero-order chi connectivity index (χ0) is 17.3. The molecule has 1 heterocycles. The summed E-state index contributed by atoms with van der Waals surface area (Å²) >= 11 is 0. The fraction of sp³-hybridized carbons (Fsp3) is 0.176. The molecule has 0 radical (unpaired) electrons. The first-order valence-corrected chi connectivity index (χ1v) is 7.24. The van der Waals surface area contributed by atoms with Crippen LogP contribution in [0.2, 0.25) is 0 Å². The number of hydrogen-bond donors (Lipinski definition) is 2. The third-order valence-corrected chi connectivity index (χ3v) is 3.58. The number of benzene rings is 2. The van der Waals surface area contributed by atoms with Crippen molar-refractivity contribution in [2.75, 3.05) is 17.7 Å². The molecule has 1 aliphatic rings. The van der Waals surface area contributed by atoms with Gasteiger partial charge >= 0.3 is 0 Å². The molecule has 2 aromatic carbocycles. The molecule has 24 heavy (non-hydrogen) atoms. The van der Waals surface area contributed by atoms with E-state index in [9.17, 15) is 14.0 Å². The average molecular weight is 330 g/mol. The number of amides is 2. The molecule has 0 saturated heterocycles. The molecule has 0 aliphatic carbocycles. The van der Waals surface area contributed by atoms with Gasteiger partial charge in [0.25, 0.3) is 11.8 Å². The van der Waals surface area contributed by atoms with Crippen molar-refractivity contribution >= 4 is 23.2 Å². The minimum Gasteiger partial charge on any atom is -0.494 e. The van der Waals surface area contributed by atoms with Crippen LogP contribution in [0.25, 0.3) is 0 Å². The molecule has 1 unspecified atom stereocenters. The van der Waals surface area contributed by atoms with E-state index < -0.39 is 17.8 Å². The van der Waals surface area contributed by atoms with Crippen molar-refractivity contribution in [3.05, 3.63) is 47.8 Å². The summed E-state index contributed by atoms with van der Waals surface area (Å²) in [6.07, 6.45) is -0.569. The number of ether oxygens (including phenoxy) is 2. The lowest BCUT2D eigenvalue weighted by molar-refractivity contribution is -0.122. The van der Waals surface area contributed by atoms with Gasteiger partial charge in [0.2, 0.25) is 0 Å². The highest BCUT2D eigenvalue weighted by atomic mass is 19.1. The molecular formula is C17H15FN2O4. The maximum absolute atomic E-state index is 13.7. The molecule has 2 aromatic rings. The van der Waals surface area contributed by atoms with Gasteiger partial charge in [-0.15, -0.1) is 0 Å². The van der Waals surface area contributed by atoms with Crippen molar-refractivity contribution in [2.45, 2.75) is 13.0 Å². The molecule has 3 rings (SSSR count). The van der Waals surface area contributed by atoms with E-state index in [1.807, 2.05) is 0 Å². The standard InChI is InChI=1S/C17H15FN2O4/c1-9-16(21)20-13-8-11(4-6-15(13)24-9)19-17(22)10-3-5-14(23-2)12(18)7-10/h3-9H,1-2H3,(H,19,22)(H,20,21). The molecule has 6 nitrogen and oxygen atoms in total. The fourth-order valence-electron chi connectivity index (χ4n) is 2.30. The number of rotatable bonds is 3. The topological polar surface area (TPSA) is 76.7 Å². The summed E-state index contributed by atoms with van der Waals surface area (Å²) in [4.78, 5) is 23.8. The average Bonchev–Trinajstić information content (AvgIpc) is 2.56. The van der Waals surface area contributed by atoms with Crippen LogP contribution in [0.5, 0.6) is 11.5 Å². The molecule has 2 amide bonds. The van der Waals surface area contributed by atoms with E-state index in [-0.39, 0.29) is 17.2 Å². The van der Waals surface area contributed by atoms with Crippen LogP contribution in [0.15, 0.2) is 36.4 Å². The van der Waals surface area contributed by atoms with Crippen LogP contribution in [0.1, 0.15) is 17.3 Å². The number of nitrogens with one attached hydrogen (secondary N) is 2. The first-order chi connectivity index (χ1) is 11.5. The number of carbonyl (C=O) groups is 2. The number of methoxy groups -OCH3 is 1. The Morgan fingerprint density at radius 1 is 1.29 bits per heavy atom.